The fraction of sp³-hybridized carbons (Fsp3) is 0.263. The average Bonchev–Trinajstić information content (AvgIpc) is 3.12. The summed E-state index contributed by atoms with van der Waals surface area (Å²) in [5, 5.41) is 10.9. The third-order valence-electron chi connectivity index (χ3n) is 4.45. The van der Waals surface area contributed by atoms with Gasteiger partial charge in [-0.05, 0) is 29.8 Å². The van der Waals surface area contributed by atoms with Crippen LogP contribution < -0.4 is 5.32 Å². The van der Waals surface area contributed by atoms with E-state index in [0.29, 0.717) is 25.2 Å². The van der Waals surface area contributed by atoms with E-state index >= 15 is 0 Å². The lowest BCUT2D eigenvalue weighted by molar-refractivity contribution is -0.00180. The summed E-state index contributed by atoms with van der Waals surface area (Å²) in [5.74, 6) is -0.573. The van der Waals surface area contributed by atoms with Gasteiger partial charge in [-0.1, -0.05) is 23.4 Å². The Morgan fingerprint density at radius 1 is 1.26 bits per heavy atom. The molecule has 0 saturated carbocycles. The lowest BCUT2D eigenvalue weighted by Gasteiger charge is -2.24. The van der Waals surface area contributed by atoms with Crippen LogP contribution in [0.1, 0.15) is 33.5 Å². The van der Waals surface area contributed by atoms with Crippen LogP contribution in [0.25, 0.3) is 0 Å². The molecular weight excluding hydrogens is 349 g/mol. The first-order valence-corrected chi connectivity index (χ1v) is 8.68. The number of carbonyl (C=O) groups excluding carboxylic acids is 1. The van der Waals surface area contributed by atoms with Crippen LogP contribution in [-0.2, 0) is 24.3 Å². The number of halogens is 1. The van der Waals surface area contributed by atoms with Gasteiger partial charge < -0.3 is 10.1 Å². The summed E-state index contributed by atoms with van der Waals surface area (Å²) in [5.41, 5.74) is 2.68. The number of aromatic nitrogens is 4. The van der Waals surface area contributed by atoms with Crippen molar-refractivity contribution in [1.29, 1.82) is 0 Å². The molecule has 138 valence electrons. The molecule has 0 aliphatic carbocycles. The first-order chi connectivity index (χ1) is 13.2. The fourth-order valence-corrected chi connectivity index (χ4v) is 3.00. The molecule has 1 aromatic carbocycles. The van der Waals surface area contributed by atoms with Crippen LogP contribution in [-0.4, -0.2) is 32.4 Å². The Hall–Kier alpha value is -3.13. The maximum absolute atomic E-state index is 13.1. The molecule has 8 heteroatoms. The Balaban J connectivity index is 1.39. The van der Waals surface area contributed by atoms with Gasteiger partial charge in [-0.25, -0.2) is 9.07 Å². The van der Waals surface area contributed by atoms with Crippen molar-refractivity contribution < 1.29 is 13.9 Å². The van der Waals surface area contributed by atoms with Gasteiger partial charge >= 0.3 is 0 Å². The van der Waals surface area contributed by atoms with E-state index in [1.54, 1.807) is 23.0 Å². The fourth-order valence-electron chi connectivity index (χ4n) is 3.00. The van der Waals surface area contributed by atoms with Crippen LogP contribution in [0.5, 0.6) is 0 Å². The number of fused-ring (bicyclic) bond motifs is 1. The number of nitrogens with zero attached hydrogens (tertiary/aromatic N) is 4. The Bertz CT molecular complexity index is 927. The van der Waals surface area contributed by atoms with Crippen molar-refractivity contribution in [3.05, 3.63) is 77.1 Å². The van der Waals surface area contributed by atoms with E-state index in [1.165, 1.54) is 12.1 Å². The molecule has 0 bridgehead atoms. The van der Waals surface area contributed by atoms with E-state index in [-0.39, 0.29) is 30.1 Å². The van der Waals surface area contributed by atoms with Crippen molar-refractivity contribution in [3.63, 3.8) is 0 Å². The molecule has 3 heterocycles. The van der Waals surface area contributed by atoms with Crippen LogP contribution in [0, 0.1) is 5.82 Å². The quantitative estimate of drug-likeness (QED) is 0.746. The van der Waals surface area contributed by atoms with E-state index in [4.69, 9.17) is 4.74 Å². The van der Waals surface area contributed by atoms with Crippen molar-refractivity contribution >= 4 is 5.91 Å². The van der Waals surface area contributed by atoms with Crippen molar-refractivity contribution in [2.75, 3.05) is 6.54 Å². The second-order valence-corrected chi connectivity index (χ2v) is 6.25. The second-order valence-electron chi connectivity index (χ2n) is 6.25. The number of pyridine rings is 1. The molecule has 0 unspecified atom stereocenters. The lowest BCUT2D eigenvalue weighted by Crippen LogP contribution is -2.29. The van der Waals surface area contributed by atoms with Crippen LogP contribution in [0.4, 0.5) is 4.39 Å². The number of hydrogen-bond donors (Lipinski definition) is 1. The monoisotopic (exact) mass is 367 g/mol. The summed E-state index contributed by atoms with van der Waals surface area (Å²) >= 11 is 0. The summed E-state index contributed by atoms with van der Waals surface area (Å²) in [6, 6.07) is 11.8. The molecule has 0 fully saturated rings. The SMILES string of the molecule is O=C(NCCc1ccccn1)c1nnn2c1CO[C@H](c1ccc(F)cc1)C2. The number of nitrogens with one attached hydrogen (secondary N) is 1. The maximum atomic E-state index is 13.1. The highest BCUT2D eigenvalue weighted by atomic mass is 19.1. The highest BCUT2D eigenvalue weighted by molar-refractivity contribution is 5.93. The van der Waals surface area contributed by atoms with Gasteiger partial charge in [0.05, 0.1) is 18.8 Å². The van der Waals surface area contributed by atoms with Crippen molar-refractivity contribution in [2.24, 2.45) is 0 Å². The smallest absolute Gasteiger partial charge is 0.273 e. The number of amides is 1. The third-order valence-corrected chi connectivity index (χ3v) is 4.45. The lowest BCUT2D eigenvalue weighted by atomic mass is 10.1. The average molecular weight is 367 g/mol. The summed E-state index contributed by atoms with van der Waals surface area (Å²) in [6.45, 7) is 1.11. The largest absolute Gasteiger partial charge is 0.365 e. The predicted molar refractivity (Wildman–Crippen MR) is 94.2 cm³/mol. The highest BCUT2D eigenvalue weighted by Gasteiger charge is 2.27. The predicted octanol–water partition coefficient (Wildman–Crippen LogP) is 2.06. The molecule has 7 nitrogen and oxygen atoms in total. The van der Waals surface area contributed by atoms with Crippen LogP contribution in [0.3, 0.4) is 0 Å². The van der Waals surface area contributed by atoms with Crippen molar-refractivity contribution in [3.8, 4) is 0 Å². The van der Waals surface area contributed by atoms with Crippen LogP contribution in [0.2, 0.25) is 0 Å². The highest BCUT2D eigenvalue weighted by Crippen LogP contribution is 2.27. The molecule has 0 saturated heterocycles. The van der Waals surface area contributed by atoms with Gasteiger partial charge in [-0.2, -0.15) is 0 Å². The molecule has 2 aromatic heterocycles. The Morgan fingerprint density at radius 3 is 2.89 bits per heavy atom. The van der Waals surface area contributed by atoms with Gasteiger partial charge in [0.25, 0.3) is 5.91 Å². The molecule has 0 spiro atoms. The maximum Gasteiger partial charge on any atom is 0.273 e. The number of ether oxygens (including phenoxy) is 1. The molecule has 3 aromatic rings. The summed E-state index contributed by atoms with van der Waals surface area (Å²) < 4.78 is 20.6. The minimum absolute atomic E-state index is 0.220. The van der Waals surface area contributed by atoms with Gasteiger partial charge in [0.1, 0.15) is 11.9 Å². The van der Waals surface area contributed by atoms with Crippen molar-refractivity contribution in [2.45, 2.75) is 25.7 Å². The number of rotatable bonds is 5. The molecule has 1 atom stereocenters. The van der Waals surface area contributed by atoms with Gasteiger partial charge in [-0.3, -0.25) is 9.78 Å². The van der Waals surface area contributed by atoms with Gasteiger partial charge in [0, 0.05) is 24.9 Å². The molecule has 1 N–H and O–H groups in total. The Labute approximate surface area is 155 Å². The molecule has 1 aliphatic rings. The third kappa shape index (κ3) is 3.85. The molecule has 1 aliphatic heterocycles. The number of carbonyl (C=O) groups is 1. The van der Waals surface area contributed by atoms with Crippen LogP contribution in [0.15, 0.2) is 48.7 Å². The molecule has 27 heavy (non-hydrogen) atoms. The summed E-state index contributed by atoms with van der Waals surface area (Å²) in [6.07, 6.45) is 2.11. The van der Waals surface area contributed by atoms with E-state index in [9.17, 15) is 9.18 Å². The van der Waals surface area contributed by atoms with Crippen LogP contribution >= 0.6 is 0 Å². The number of benzene rings is 1. The van der Waals surface area contributed by atoms with Gasteiger partial charge in [0.2, 0.25) is 0 Å². The zero-order valence-electron chi connectivity index (χ0n) is 14.5. The summed E-state index contributed by atoms with van der Waals surface area (Å²) in [7, 11) is 0. The van der Waals surface area contributed by atoms with E-state index in [2.05, 4.69) is 20.6 Å². The topological polar surface area (TPSA) is 81.9 Å². The Morgan fingerprint density at radius 2 is 2.11 bits per heavy atom. The first-order valence-electron chi connectivity index (χ1n) is 8.68. The molecule has 4 rings (SSSR count). The normalized spacial score (nSPS) is 16.0. The standard InChI is InChI=1S/C19H18FN5O2/c20-14-6-4-13(5-7-14)17-11-25-16(12-27-17)18(23-24-25)19(26)22-10-8-15-3-1-2-9-21-15/h1-7,9,17H,8,10-12H2,(H,22,26)/t17-/m0/s1. The zero-order valence-corrected chi connectivity index (χ0v) is 14.5. The van der Waals surface area contributed by atoms with E-state index in [1.807, 2.05) is 18.2 Å². The molecular formula is C19H18FN5O2. The van der Waals surface area contributed by atoms with E-state index < -0.39 is 0 Å². The molecule has 0 radical (unpaired) electrons. The number of hydrogen-bond acceptors (Lipinski definition) is 5. The first kappa shape index (κ1) is 17.3. The molecule has 1 amide bonds. The minimum atomic E-state index is -0.291. The van der Waals surface area contributed by atoms with Crippen molar-refractivity contribution in [1.82, 2.24) is 25.3 Å². The van der Waals surface area contributed by atoms with Gasteiger partial charge in [-0.15, -0.1) is 5.10 Å². The Kier molecular flexibility index (Phi) is 4.88. The van der Waals surface area contributed by atoms with Gasteiger partial charge in [0.15, 0.2) is 5.69 Å². The zero-order chi connectivity index (χ0) is 18.6. The second kappa shape index (κ2) is 7.63. The minimum Gasteiger partial charge on any atom is -0.365 e. The summed E-state index contributed by atoms with van der Waals surface area (Å²) in [4.78, 5) is 16.6. The van der Waals surface area contributed by atoms with E-state index in [0.717, 1.165) is 11.3 Å².